The fraction of sp³-hybridized carbons (Fsp3) is 0.278. The van der Waals surface area contributed by atoms with E-state index < -0.39 is 22.0 Å². The number of carbonyl (C=O) groups excluding carboxylic acids is 1. The van der Waals surface area contributed by atoms with Gasteiger partial charge in [0.1, 0.15) is 0 Å². The molecule has 1 unspecified atom stereocenters. The first kappa shape index (κ1) is 21.2. The summed E-state index contributed by atoms with van der Waals surface area (Å²) >= 11 is 3.25. The summed E-state index contributed by atoms with van der Waals surface area (Å²) < 4.78 is 38.2. The van der Waals surface area contributed by atoms with Crippen molar-refractivity contribution in [2.75, 3.05) is 14.2 Å². The Bertz CT molecular complexity index is 900. The van der Waals surface area contributed by atoms with E-state index in [1.54, 1.807) is 37.4 Å². The average molecular weight is 457 g/mol. The van der Waals surface area contributed by atoms with Gasteiger partial charge >= 0.3 is 0 Å². The minimum Gasteiger partial charge on any atom is -0.493 e. The second-order valence-corrected chi connectivity index (χ2v) is 8.33. The third kappa shape index (κ3) is 5.69. The van der Waals surface area contributed by atoms with E-state index in [0.29, 0.717) is 11.5 Å². The van der Waals surface area contributed by atoms with Crippen LogP contribution >= 0.6 is 15.9 Å². The number of hydrogen-bond donors (Lipinski definition) is 2. The maximum atomic E-state index is 12.3. The molecule has 7 nitrogen and oxygen atoms in total. The van der Waals surface area contributed by atoms with Gasteiger partial charge in [-0.2, -0.15) is 4.72 Å². The number of halogens is 1. The standard InChI is InChI=1S/C18H21BrN2O5S/c1-12(21-27(23,24)15-7-5-14(19)6-8-15)18(22)20-11-13-4-9-16(25-2)17(10-13)26-3/h4-10,12,21H,11H2,1-3H3,(H,20,22). The Kier molecular flexibility index (Phi) is 7.23. The van der Waals surface area contributed by atoms with Gasteiger partial charge in [-0.1, -0.05) is 22.0 Å². The molecule has 1 amide bonds. The second kappa shape index (κ2) is 9.20. The van der Waals surface area contributed by atoms with Crippen LogP contribution in [0, 0.1) is 0 Å². The minimum absolute atomic E-state index is 0.0882. The topological polar surface area (TPSA) is 93.7 Å². The third-order valence-electron chi connectivity index (χ3n) is 3.76. The predicted molar refractivity (Wildman–Crippen MR) is 105 cm³/mol. The largest absolute Gasteiger partial charge is 0.493 e. The SMILES string of the molecule is COc1ccc(CNC(=O)C(C)NS(=O)(=O)c2ccc(Br)cc2)cc1OC. The van der Waals surface area contributed by atoms with Gasteiger partial charge in [0.25, 0.3) is 0 Å². The molecule has 2 N–H and O–H groups in total. The van der Waals surface area contributed by atoms with Gasteiger partial charge in [-0.25, -0.2) is 8.42 Å². The smallest absolute Gasteiger partial charge is 0.241 e. The van der Waals surface area contributed by atoms with Gasteiger partial charge < -0.3 is 14.8 Å². The van der Waals surface area contributed by atoms with Gasteiger partial charge in [-0.3, -0.25) is 4.79 Å². The number of benzene rings is 2. The molecule has 0 aliphatic rings. The maximum Gasteiger partial charge on any atom is 0.241 e. The highest BCUT2D eigenvalue weighted by Gasteiger charge is 2.21. The van der Waals surface area contributed by atoms with Crippen molar-refractivity contribution in [1.29, 1.82) is 0 Å². The summed E-state index contributed by atoms with van der Waals surface area (Å²) in [6.45, 7) is 1.71. The van der Waals surface area contributed by atoms with Crippen LogP contribution in [-0.4, -0.2) is 34.6 Å². The van der Waals surface area contributed by atoms with Gasteiger partial charge in [-0.05, 0) is 48.9 Å². The summed E-state index contributed by atoms with van der Waals surface area (Å²) in [6.07, 6.45) is 0. The van der Waals surface area contributed by atoms with E-state index in [0.717, 1.165) is 10.0 Å². The molecule has 0 bridgehead atoms. The van der Waals surface area contributed by atoms with Gasteiger partial charge in [0.15, 0.2) is 11.5 Å². The van der Waals surface area contributed by atoms with Crippen molar-refractivity contribution in [3.05, 3.63) is 52.5 Å². The third-order valence-corrected chi connectivity index (χ3v) is 5.85. The molecule has 2 aromatic rings. The fourth-order valence-corrected chi connectivity index (χ4v) is 3.77. The Balaban J connectivity index is 1.98. The lowest BCUT2D eigenvalue weighted by atomic mass is 10.2. The van der Waals surface area contributed by atoms with Crippen molar-refractivity contribution < 1.29 is 22.7 Å². The van der Waals surface area contributed by atoms with Gasteiger partial charge in [0.05, 0.1) is 25.2 Å². The fourth-order valence-electron chi connectivity index (χ4n) is 2.30. The molecule has 0 heterocycles. The van der Waals surface area contributed by atoms with Crippen molar-refractivity contribution in [3.63, 3.8) is 0 Å². The van der Waals surface area contributed by atoms with E-state index in [1.165, 1.54) is 26.2 Å². The van der Waals surface area contributed by atoms with Crippen LogP contribution in [0.5, 0.6) is 11.5 Å². The highest BCUT2D eigenvalue weighted by Crippen LogP contribution is 2.27. The van der Waals surface area contributed by atoms with Crippen molar-refractivity contribution in [2.24, 2.45) is 0 Å². The molecule has 1 atom stereocenters. The summed E-state index contributed by atoms with van der Waals surface area (Å²) in [7, 11) is -0.725. The summed E-state index contributed by atoms with van der Waals surface area (Å²) in [5.74, 6) is 0.696. The Morgan fingerprint density at radius 1 is 1.07 bits per heavy atom. The molecule has 146 valence electrons. The number of rotatable bonds is 8. The molecule has 2 rings (SSSR count). The number of nitrogens with one attached hydrogen (secondary N) is 2. The van der Waals surface area contributed by atoms with Crippen LogP contribution in [0.1, 0.15) is 12.5 Å². The van der Waals surface area contributed by atoms with Crippen LogP contribution in [0.15, 0.2) is 51.8 Å². The molecular weight excluding hydrogens is 436 g/mol. The van der Waals surface area contributed by atoms with Crippen molar-refractivity contribution >= 4 is 31.9 Å². The summed E-state index contributed by atoms with van der Waals surface area (Å²) in [5, 5.41) is 2.70. The molecule has 0 fully saturated rings. The Morgan fingerprint density at radius 3 is 2.30 bits per heavy atom. The molecule has 2 aromatic carbocycles. The van der Waals surface area contributed by atoms with E-state index in [-0.39, 0.29) is 11.4 Å². The molecule has 0 spiro atoms. The number of amides is 1. The first-order valence-corrected chi connectivity index (χ1v) is 10.3. The van der Waals surface area contributed by atoms with Gasteiger partial charge in [0, 0.05) is 11.0 Å². The number of hydrogen-bond acceptors (Lipinski definition) is 5. The monoisotopic (exact) mass is 456 g/mol. The molecule has 27 heavy (non-hydrogen) atoms. The van der Waals surface area contributed by atoms with E-state index >= 15 is 0 Å². The normalized spacial score (nSPS) is 12.3. The van der Waals surface area contributed by atoms with Crippen LogP contribution in [0.25, 0.3) is 0 Å². The number of ether oxygens (including phenoxy) is 2. The Hall–Kier alpha value is -2.10. The quantitative estimate of drug-likeness (QED) is 0.635. The van der Waals surface area contributed by atoms with Crippen LogP contribution < -0.4 is 19.5 Å². The summed E-state index contributed by atoms with van der Waals surface area (Å²) in [6, 6.07) is 10.5. The number of carbonyl (C=O) groups is 1. The first-order valence-electron chi connectivity index (χ1n) is 8.03. The number of sulfonamides is 1. The molecule has 0 aromatic heterocycles. The zero-order valence-electron chi connectivity index (χ0n) is 15.2. The molecule has 9 heteroatoms. The molecule has 0 aliphatic heterocycles. The van der Waals surface area contributed by atoms with Gasteiger partial charge in [-0.15, -0.1) is 0 Å². The molecule has 0 saturated heterocycles. The molecule has 0 radical (unpaired) electrons. The first-order chi connectivity index (χ1) is 12.8. The Morgan fingerprint density at radius 2 is 1.70 bits per heavy atom. The lowest BCUT2D eigenvalue weighted by Gasteiger charge is -2.15. The zero-order chi connectivity index (χ0) is 20.0. The van der Waals surface area contributed by atoms with Crippen molar-refractivity contribution in [1.82, 2.24) is 10.0 Å². The van der Waals surface area contributed by atoms with E-state index in [4.69, 9.17) is 9.47 Å². The maximum absolute atomic E-state index is 12.3. The van der Waals surface area contributed by atoms with Crippen LogP contribution in [0.2, 0.25) is 0 Å². The minimum atomic E-state index is -3.79. The van der Waals surface area contributed by atoms with E-state index in [2.05, 4.69) is 26.0 Å². The van der Waals surface area contributed by atoms with E-state index in [9.17, 15) is 13.2 Å². The molecular formula is C18H21BrN2O5S. The zero-order valence-corrected chi connectivity index (χ0v) is 17.6. The lowest BCUT2D eigenvalue weighted by molar-refractivity contribution is -0.122. The van der Waals surface area contributed by atoms with Crippen molar-refractivity contribution in [2.45, 2.75) is 24.4 Å². The molecule has 0 aliphatic carbocycles. The van der Waals surface area contributed by atoms with Crippen molar-refractivity contribution in [3.8, 4) is 11.5 Å². The predicted octanol–water partition coefficient (Wildman–Crippen LogP) is 2.45. The highest BCUT2D eigenvalue weighted by molar-refractivity contribution is 9.10. The van der Waals surface area contributed by atoms with Crippen LogP contribution in [0.4, 0.5) is 0 Å². The summed E-state index contributed by atoms with van der Waals surface area (Å²) in [4.78, 5) is 12.3. The highest BCUT2D eigenvalue weighted by atomic mass is 79.9. The second-order valence-electron chi connectivity index (χ2n) is 5.70. The molecule has 0 saturated carbocycles. The van der Waals surface area contributed by atoms with Crippen LogP contribution in [0.3, 0.4) is 0 Å². The van der Waals surface area contributed by atoms with Crippen LogP contribution in [-0.2, 0) is 21.4 Å². The van der Waals surface area contributed by atoms with Gasteiger partial charge in [0.2, 0.25) is 15.9 Å². The Labute approximate surface area is 167 Å². The van der Waals surface area contributed by atoms with E-state index in [1.807, 2.05) is 0 Å². The summed E-state index contributed by atoms with van der Waals surface area (Å²) in [5.41, 5.74) is 0.795. The lowest BCUT2D eigenvalue weighted by Crippen LogP contribution is -2.44. The number of methoxy groups -OCH3 is 2. The average Bonchev–Trinajstić information content (AvgIpc) is 2.65.